The molecule has 0 aromatic carbocycles. The molecule has 1 heterocycles. The normalized spacial score (nSPS) is 10.7. The highest BCUT2D eigenvalue weighted by Gasteiger charge is 2.04. The highest BCUT2D eigenvalue weighted by Crippen LogP contribution is 2.23. The van der Waals surface area contributed by atoms with E-state index in [0.717, 1.165) is 0 Å². The van der Waals surface area contributed by atoms with Gasteiger partial charge in [0.1, 0.15) is 0 Å². The lowest BCUT2D eigenvalue weighted by Crippen LogP contribution is -1.96. The molecule has 0 amide bonds. The zero-order chi connectivity index (χ0) is 9.68. The molecule has 0 fully saturated rings. The van der Waals surface area contributed by atoms with Crippen molar-refractivity contribution in [3.8, 4) is 0 Å². The third kappa shape index (κ3) is 2.82. The average molecular weight is 197 g/mol. The van der Waals surface area contributed by atoms with Crippen molar-refractivity contribution < 1.29 is 0 Å². The summed E-state index contributed by atoms with van der Waals surface area (Å²) in [5.74, 6) is 0. The lowest BCUT2D eigenvalue weighted by molar-refractivity contribution is 0.720. The van der Waals surface area contributed by atoms with E-state index < -0.39 is 0 Å². The van der Waals surface area contributed by atoms with Crippen molar-refractivity contribution in [2.24, 2.45) is 5.73 Å². The summed E-state index contributed by atoms with van der Waals surface area (Å²) in [4.78, 5) is 1.54. The van der Waals surface area contributed by atoms with Crippen molar-refractivity contribution in [1.29, 1.82) is 0 Å². The molecule has 0 radical (unpaired) electrons. The zero-order valence-corrected chi connectivity index (χ0v) is 9.41. The minimum atomic E-state index is 0.691. The van der Waals surface area contributed by atoms with Gasteiger partial charge in [-0.3, -0.25) is 0 Å². The Balaban J connectivity index is 2.51. The fraction of sp³-hybridized carbons (Fsp3) is 0.636. The Bertz CT molecular complexity index is 253. The van der Waals surface area contributed by atoms with Gasteiger partial charge in [-0.15, -0.1) is 11.3 Å². The van der Waals surface area contributed by atoms with Crippen molar-refractivity contribution in [2.45, 2.75) is 46.1 Å². The first-order chi connectivity index (χ1) is 6.29. The summed E-state index contributed by atoms with van der Waals surface area (Å²) in [7, 11) is 0. The topological polar surface area (TPSA) is 26.0 Å². The maximum Gasteiger partial charge on any atom is 0.0189 e. The molecule has 1 aromatic rings. The molecule has 0 aliphatic heterocycles. The predicted molar refractivity (Wildman–Crippen MR) is 60.2 cm³/mol. The Morgan fingerprint density at radius 1 is 1.38 bits per heavy atom. The first-order valence-corrected chi connectivity index (χ1v) is 5.93. The lowest BCUT2D eigenvalue weighted by Gasteiger charge is -1.99. The molecule has 0 atom stereocenters. The van der Waals surface area contributed by atoms with Gasteiger partial charge in [0.15, 0.2) is 0 Å². The Hall–Kier alpha value is -0.340. The fourth-order valence-electron chi connectivity index (χ4n) is 1.48. The fourth-order valence-corrected chi connectivity index (χ4v) is 2.61. The van der Waals surface area contributed by atoms with Crippen molar-refractivity contribution in [3.63, 3.8) is 0 Å². The molecule has 13 heavy (non-hydrogen) atoms. The van der Waals surface area contributed by atoms with Crippen LogP contribution in [-0.2, 0) is 13.0 Å². The smallest absolute Gasteiger partial charge is 0.0189 e. The molecule has 0 bridgehead atoms. The molecule has 0 saturated carbocycles. The number of nitrogens with two attached hydrogens (primary N) is 1. The number of aryl methyl sites for hydroxylation is 1. The van der Waals surface area contributed by atoms with Gasteiger partial charge in [0.2, 0.25) is 0 Å². The van der Waals surface area contributed by atoms with Gasteiger partial charge in [0, 0.05) is 11.4 Å². The van der Waals surface area contributed by atoms with E-state index in [4.69, 9.17) is 5.73 Å². The Morgan fingerprint density at radius 3 is 2.69 bits per heavy atom. The molecule has 74 valence electrons. The Morgan fingerprint density at radius 2 is 2.15 bits per heavy atom. The van der Waals surface area contributed by atoms with Crippen molar-refractivity contribution >= 4 is 11.3 Å². The summed E-state index contributed by atoms with van der Waals surface area (Å²) < 4.78 is 0. The van der Waals surface area contributed by atoms with Crippen molar-refractivity contribution in [1.82, 2.24) is 0 Å². The third-order valence-corrected chi connectivity index (χ3v) is 3.67. The second-order valence-corrected chi connectivity index (χ2v) is 4.43. The summed E-state index contributed by atoms with van der Waals surface area (Å²) >= 11 is 1.87. The van der Waals surface area contributed by atoms with E-state index in [1.165, 1.54) is 41.7 Å². The van der Waals surface area contributed by atoms with E-state index in [2.05, 4.69) is 19.2 Å². The monoisotopic (exact) mass is 197 g/mol. The molecule has 1 nitrogen and oxygen atoms in total. The van der Waals surface area contributed by atoms with Crippen LogP contribution >= 0.6 is 11.3 Å². The molecule has 0 aliphatic rings. The number of hydrogen-bond acceptors (Lipinski definition) is 2. The highest BCUT2D eigenvalue weighted by atomic mass is 32.1. The van der Waals surface area contributed by atoms with E-state index in [-0.39, 0.29) is 0 Å². The molecule has 0 unspecified atom stereocenters. The van der Waals surface area contributed by atoms with Crippen LogP contribution in [0.2, 0.25) is 0 Å². The van der Waals surface area contributed by atoms with Crippen molar-refractivity contribution in [3.05, 3.63) is 21.4 Å². The minimum absolute atomic E-state index is 0.691. The Kier molecular flexibility index (Phi) is 4.46. The van der Waals surface area contributed by atoms with Gasteiger partial charge >= 0.3 is 0 Å². The average Bonchev–Trinajstić information content (AvgIpc) is 2.48. The van der Waals surface area contributed by atoms with Crippen LogP contribution < -0.4 is 5.73 Å². The number of unbranched alkanes of at least 4 members (excludes halogenated alkanes) is 2. The first-order valence-electron chi connectivity index (χ1n) is 5.05. The number of thiophene rings is 1. The van der Waals surface area contributed by atoms with E-state index in [1.807, 2.05) is 11.3 Å². The van der Waals surface area contributed by atoms with E-state index in [1.54, 1.807) is 0 Å². The van der Waals surface area contributed by atoms with Gasteiger partial charge < -0.3 is 5.73 Å². The number of rotatable bonds is 5. The minimum Gasteiger partial charge on any atom is -0.326 e. The van der Waals surface area contributed by atoms with Crippen LogP contribution in [-0.4, -0.2) is 0 Å². The van der Waals surface area contributed by atoms with Crippen LogP contribution in [0.1, 0.15) is 42.2 Å². The van der Waals surface area contributed by atoms with Gasteiger partial charge in [0.05, 0.1) is 0 Å². The van der Waals surface area contributed by atoms with E-state index in [9.17, 15) is 0 Å². The third-order valence-electron chi connectivity index (χ3n) is 2.47. The zero-order valence-electron chi connectivity index (χ0n) is 8.60. The molecule has 0 aliphatic carbocycles. The maximum atomic E-state index is 5.63. The van der Waals surface area contributed by atoms with Crippen LogP contribution in [0.4, 0.5) is 0 Å². The molecule has 0 saturated heterocycles. The van der Waals surface area contributed by atoms with Gasteiger partial charge in [-0.2, -0.15) is 0 Å². The molecule has 2 N–H and O–H groups in total. The SMILES string of the molecule is CCCCCc1scc(CN)c1C. The summed E-state index contributed by atoms with van der Waals surface area (Å²) in [6, 6.07) is 0. The highest BCUT2D eigenvalue weighted by molar-refractivity contribution is 7.10. The van der Waals surface area contributed by atoms with Gasteiger partial charge in [-0.25, -0.2) is 0 Å². The first kappa shape index (κ1) is 10.7. The van der Waals surface area contributed by atoms with Gasteiger partial charge in [-0.05, 0) is 36.3 Å². The molecular weight excluding hydrogens is 178 g/mol. The largest absolute Gasteiger partial charge is 0.326 e. The molecule has 2 heteroatoms. The van der Waals surface area contributed by atoms with Crippen LogP contribution in [0.25, 0.3) is 0 Å². The maximum absolute atomic E-state index is 5.63. The standard InChI is InChI=1S/C11H19NS/c1-3-4-5-6-11-9(2)10(7-12)8-13-11/h8H,3-7,12H2,1-2H3. The summed E-state index contributed by atoms with van der Waals surface area (Å²) in [6.45, 7) is 5.13. The summed E-state index contributed by atoms with van der Waals surface area (Å²) in [5, 5.41) is 2.20. The second kappa shape index (κ2) is 5.40. The molecular formula is C11H19NS. The second-order valence-electron chi connectivity index (χ2n) is 3.47. The van der Waals surface area contributed by atoms with Crippen LogP contribution in [0.15, 0.2) is 5.38 Å². The van der Waals surface area contributed by atoms with E-state index >= 15 is 0 Å². The van der Waals surface area contributed by atoms with E-state index in [0.29, 0.717) is 6.54 Å². The molecule has 0 spiro atoms. The summed E-state index contributed by atoms with van der Waals surface area (Å²) in [5.41, 5.74) is 8.39. The van der Waals surface area contributed by atoms with Crippen molar-refractivity contribution in [2.75, 3.05) is 0 Å². The van der Waals surface area contributed by atoms with Crippen LogP contribution in [0.5, 0.6) is 0 Å². The van der Waals surface area contributed by atoms with Crippen LogP contribution in [0, 0.1) is 6.92 Å². The number of hydrogen-bond donors (Lipinski definition) is 1. The quantitative estimate of drug-likeness (QED) is 0.720. The summed E-state index contributed by atoms with van der Waals surface area (Å²) in [6.07, 6.45) is 5.20. The molecule has 1 aromatic heterocycles. The van der Waals surface area contributed by atoms with Crippen LogP contribution in [0.3, 0.4) is 0 Å². The van der Waals surface area contributed by atoms with Gasteiger partial charge in [-0.1, -0.05) is 19.8 Å². The lowest BCUT2D eigenvalue weighted by atomic mass is 10.1. The predicted octanol–water partition coefficient (Wildman–Crippen LogP) is 3.25. The Labute approximate surface area is 85.0 Å². The van der Waals surface area contributed by atoms with Gasteiger partial charge in [0.25, 0.3) is 0 Å². The molecule has 1 rings (SSSR count).